The van der Waals surface area contributed by atoms with Gasteiger partial charge in [-0.1, -0.05) is 0 Å². The molecule has 8 heteroatoms. The minimum Gasteiger partial charge on any atom is -0.394 e. The lowest BCUT2D eigenvalue weighted by molar-refractivity contribution is 0.0988. The van der Waals surface area contributed by atoms with Crippen LogP contribution < -0.4 is 4.72 Å². The molecule has 0 aromatic carbocycles. The van der Waals surface area contributed by atoms with Gasteiger partial charge < -0.3 is 14.8 Å². The minimum atomic E-state index is -3.73. The molecule has 17 heavy (non-hydrogen) atoms. The predicted molar refractivity (Wildman–Crippen MR) is 60.9 cm³/mol. The second-order valence-electron chi connectivity index (χ2n) is 3.60. The molecule has 0 spiro atoms. The van der Waals surface area contributed by atoms with Crippen molar-refractivity contribution in [1.29, 1.82) is 0 Å². The summed E-state index contributed by atoms with van der Waals surface area (Å²) in [7, 11) is -3.73. The largest absolute Gasteiger partial charge is 0.394 e. The van der Waals surface area contributed by atoms with Gasteiger partial charge >= 0.3 is 0 Å². The van der Waals surface area contributed by atoms with Gasteiger partial charge in [-0.15, -0.1) is 0 Å². The van der Waals surface area contributed by atoms with Crippen LogP contribution in [0.2, 0.25) is 0 Å². The highest BCUT2D eigenvalue weighted by Gasteiger charge is 2.19. The monoisotopic (exact) mass is 263 g/mol. The second-order valence-corrected chi connectivity index (χ2v) is 5.31. The first-order chi connectivity index (χ1) is 7.90. The summed E-state index contributed by atoms with van der Waals surface area (Å²) in [5.41, 5.74) is 0. The fourth-order valence-electron chi connectivity index (χ4n) is 1.27. The van der Waals surface area contributed by atoms with Gasteiger partial charge in [0.05, 0.1) is 12.7 Å². The molecule has 1 aromatic heterocycles. The highest BCUT2D eigenvalue weighted by atomic mass is 32.2. The van der Waals surface area contributed by atoms with Gasteiger partial charge in [0.15, 0.2) is 5.03 Å². The summed E-state index contributed by atoms with van der Waals surface area (Å²) in [6.07, 6.45) is 0.322. The molecule has 1 heterocycles. The Morgan fingerprint density at radius 2 is 2.24 bits per heavy atom. The maximum atomic E-state index is 11.8. The van der Waals surface area contributed by atoms with Crippen molar-refractivity contribution >= 4 is 10.0 Å². The van der Waals surface area contributed by atoms with Crippen molar-refractivity contribution in [2.45, 2.75) is 31.5 Å². The third kappa shape index (κ3) is 3.50. The van der Waals surface area contributed by atoms with Gasteiger partial charge in [-0.3, -0.25) is 0 Å². The zero-order valence-corrected chi connectivity index (χ0v) is 10.6. The second kappa shape index (κ2) is 5.58. The van der Waals surface area contributed by atoms with E-state index in [0.717, 1.165) is 0 Å². The molecule has 0 amide bonds. The van der Waals surface area contributed by atoms with E-state index in [4.69, 9.17) is 10.2 Å². The molecule has 1 aromatic rings. The molecule has 0 aliphatic heterocycles. The highest BCUT2D eigenvalue weighted by molar-refractivity contribution is 7.89. The van der Waals surface area contributed by atoms with Gasteiger partial charge in [-0.2, -0.15) is 0 Å². The lowest BCUT2D eigenvalue weighted by Crippen LogP contribution is -2.34. The minimum absolute atomic E-state index is 0.0815. The lowest BCUT2D eigenvalue weighted by Gasteiger charge is -2.07. The van der Waals surface area contributed by atoms with Crippen LogP contribution in [0.5, 0.6) is 0 Å². The van der Waals surface area contributed by atoms with Crippen molar-refractivity contribution in [1.82, 2.24) is 14.3 Å². The maximum Gasteiger partial charge on any atom is 0.259 e. The van der Waals surface area contributed by atoms with Crippen molar-refractivity contribution in [3.8, 4) is 0 Å². The third-order valence-corrected chi connectivity index (χ3v) is 3.58. The number of aliphatic hydroxyl groups is 2. The standard InChI is InChI=1S/C9H17N3O4S/c1-3-12-5-9(11-7(12)2)17(15,16)10-4-8(14)6-13/h5,8,10,13-14H,3-4,6H2,1-2H3. The van der Waals surface area contributed by atoms with Gasteiger partial charge in [0.2, 0.25) is 0 Å². The Morgan fingerprint density at radius 1 is 1.59 bits per heavy atom. The van der Waals surface area contributed by atoms with Gasteiger partial charge in [0.1, 0.15) is 5.82 Å². The zero-order valence-electron chi connectivity index (χ0n) is 9.79. The van der Waals surface area contributed by atoms with Gasteiger partial charge in [0.25, 0.3) is 10.0 Å². The molecule has 0 saturated carbocycles. The highest BCUT2D eigenvalue weighted by Crippen LogP contribution is 2.08. The Bertz CT molecular complexity index is 469. The quantitative estimate of drug-likeness (QED) is 0.600. The average Bonchev–Trinajstić information content (AvgIpc) is 2.68. The lowest BCUT2D eigenvalue weighted by atomic mass is 10.4. The van der Waals surface area contributed by atoms with E-state index < -0.39 is 22.7 Å². The number of aliphatic hydroxyl groups excluding tert-OH is 2. The molecule has 1 atom stereocenters. The molecule has 0 bridgehead atoms. The normalized spacial score (nSPS) is 13.9. The number of nitrogens with zero attached hydrogens (tertiary/aromatic N) is 2. The number of rotatable bonds is 6. The Kier molecular flexibility index (Phi) is 4.63. The van der Waals surface area contributed by atoms with Crippen LogP contribution in [-0.2, 0) is 16.6 Å². The summed E-state index contributed by atoms with van der Waals surface area (Å²) in [5, 5.41) is 17.6. The molecule has 0 radical (unpaired) electrons. The Hall–Kier alpha value is -0.960. The summed E-state index contributed by atoms with van der Waals surface area (Å²) in [6, 6.07) is 0. The smallest absolute Gasteiger partial charge is 0.259 e. The van der Waals surface area contributed by atoms with E-state index in [1.165, 1.54) is 6.20 Å². The Labute approximate surface area is 100 Å². The zero-order chi connectivity index (χ0) is 13.1. The van der Waals surface area contributed by atoms with Crippen molar-refractivity contribution in [2.24, 2.45) is 0 Å². The molecule has 7 nitrogen and oxygen atoms in total. The number of hydrogen-bond donors (Lipinski definition) is 3. The average molecular weight is 263 g/mol. The number of imidazole rings is 1. The van der Waals surface area contributed by atoms with Crippen LogP contribution in [0.25, 0.3) is 0 Å². The number of aromatic nitrogens is 2. The number of nitrogens with one attached hydrogen (secondary N) is 1. The molecule has 0 aliphatic rings. The van der Waals surface area contributed by atoms with Gasteiger partial charge in [0, 0.05) is 19.3 Å². The molecular weight excluding hydrogens is 246 g/mol. The van der Waals surface area contributed by atoms with E-state index in [2.05, 4.69) is 9.71 Å². The predicted octanol–water partition coefficient (Wildman–Crippen LogP) is -1.16. The first-order valence-corrected chi connectivity index (χ1v) is 6.71. The molecule has 0 fully saturated rings. The Balaban J connectivity index is 2.82. The summed E-state index contributed by atoms with van der Waals surface area (Å²) >= 11 is 0. The fraction of sp³-hybridized carbons (Fsp3) is 0.667. The number of sulfonamides is 1. The molecule has 1 unspecified atom stereocenters. The molecule has 1 rings (SSSR count). The van der Waals surface area contributed by atoms with Crippen molar-refractivity contribution in [3.05, 3.63) is 12.0 Å². The van der Waals surface area contributed by atoms with E-state index in [9.17, 15) is 8.42 Å². The van der Waals surface area contributed by atoms with Crippen LogP contribution in [0.3, 0.4) is 0 Å². The van der Waals surface area contributed by atoms with Crippen LogP contribution in [-0.4, -0.2) is 47.4 Å². The first kappa shape index (κ1) is 14.1. The summed E-state index contributed by atoms with van der Waals surface area (Å²) < 4.78 is 27.4. The van der Waals surface area contributed by atoms with E-state index in [1.807, 2.05) is 6.92 Å². The number of aryl methyl sites for hydroxylation is 2. The molecule has 98 valence electrons. The fourth-order valence-corrected chi connectivity index (χ4v) is 2.35. The summed E-state index contributed by atoms with van der Waals surface area (Å²) in [4.78, 5) is 3.93. The molecule has 0 saturated heterocycles. The summed E-state index contributed by atoms with van der Waals surface area (Å²) in [5.74, 6) is 0.607. The van der Waals surface area contributed by atoms with Gasteiger partial charge in [-0.05, 0) is 13.8 Å². The molecule has 0 aliphatic carbocycles. The van der Waals surface area contributed by atoms with Crippen LogP contribution in [0.15, 0.2) is 11.2 Å². The van der Waals surface area contributed by atoms with E-state index in [1.54, 1.807) is 11.5 Å². The van der Waals surface area contributed by atoms with Crippen LogP contribution in [0.1, 0.15) is 12.7 Å². The van der Waals surface area contributed by atoms with E-state index in [0.29, 0.717) is 12.4 Å². The number of hydrogen-bond acceptors (Lipinski definition) is 5. The molecular formula is C9H17N3O4S. The van der Waals surface area contributed by atoms with E-state index in [-0.39, 0.29) is 11.6 Å². The van der Waals surface area contributed by atoms with Crippen molar-refractivity contribution < 1.29 is 18.6 Å². The van der Waals surface area contributed by atoms with Crippen molar-refractivity contribution in [3.63, 3.8) is 0 Å². The van der Waals surface area contributed by atoms with E-state index >= 15 is 0 Å². The van der Waals surface area contributed by atoms with Crippen molar-refractivity contribution in [2.75, 3.05) is 13.2 Å². The van der Waals surface area contributed by atoms with Crippen LogP contribution >= 0.6 is 0 Å². The van der Waals surface area contributed by atoms with Crippen LogP contribution in [0.4, 0.5) is 0 Å². The maximum absolute atomic E-state index is 11.8. The SMILES string of the molecule is CCn1cc(S(=O)(=O)NCC(O)CO)nc1C. The van der Waals surface area contributed by atoms with Gasteiger partial charge in [-0.25, -0.2) is 18.1 Å². The first-order valence-electron chi connectivity index (χ1n) is 5.23. The summed E-state index contributed by atoms with van der Waals surface area (Å²) in [6.45, 7) is 3.49. The topological polar surface area (TPSA) is 104 Å². The molecule has 3 N–H and O–H groups in total. The Morgan fingerprint density at radius 3 is 2.71 bits per heavy atom. The van der Waals surface area contributed by atoms with Crippen LogP contribution in [0, 0.1) is 6.92 Å². The third-order valence-electron chi connectivity index (χ3n) is 2.29.